The quantitative estimate of drug-likeness (QED) is 0.756. The molecule has 3 rings (SSSR count). The Kier molecular flexibility index (Phi) is 4.41. The van der Waals surface area contributed by atoms with Crippen LogP contribution in [0.5, 0.6) is 0 Å². The summed E-state index contributed by atoms with van der Waals surface area (Å²) in [6, 6.07) is 3.42. The minimum atomic E-state index is -0.254. The number of H-pyrrole nitrogens is 1. The molecule has 0 unspecified atom stereocenters. The van der Waals surface area contributed by atoms with Crippen molar-refractivity contribution in [3.63, 3.8) is 0 Å². The molecule has 0 aromatic carbocycles. The third-order valence-corrected chi connectivity index (χ3v) is 4.64. The minimum Gasteiger partial charge on any atom is -0.321 e. The molecule has 24 heavy (non-hydrogen) atoms. The lowest BCUT2D eigenvalue weighted by molar-refractivity contribution is 0.103. The lowest BCUT2D eigenvalue weighted by atomic mass is 10.2. The smallest absolute Gasteiger partial charge is 0.266 e. The number of nitrogens with zero attached hydrogens (tertiary/aromatic N) is 3. The Morgan fingerprint density at radius 2 is 2.04 bits per heavy atom. The molecule has 8 heteroatoms. The first kappa shape index (κ1) is 16.3. The van der Waals surface area contributed by atoms with E-state index < -0.39 is 0 Å². The number of fused-ring (bicyclic) bond motifs is 1. The highest BCUT2D eigenvalue weighted by Gasteiger charge is 2.19. The number of hydrogen-bond acceptors (Lipinski definition) is 6. The fourth-order valence-corrected chi connectivity index (χ4v) is 3.50. The molecule has 0 aliphatic carbocycles. The molecule has 3 aromatic rings. The fourth-order valence-electron chi connectivity index (χ4n) is 2.40. The molecule has 0 aliphatic rings. The number of amides is 1. The first-order chi connectivity index (χ1) is 11.5. The Labute approximate surface area is 142 Å². The van der Waals surface area contributed by atoms with E-state index in [0.29, 0.717) is 38.7 Å². The fraction of sp³-hybridized carbons (Fsp3) is 0.250. The van der Waals surface area contributed by atoms with Gasteiger partial charge in [-0.1, -0.05) is 0 Å². The number of carbonyl (C=O) groups excluding carboxylic acids is 1. The van der Waals surface area contributed by atoms with E-state index in [1.165, 1.54) is 11.3 Å². The molecular weight excluding hydrogens is 326 g/mol. The van der Waals surface area contributed by atoms with E-state index in [4.69, 9.17) is 0 Å². The molecule has 0 fully saturated rings. The zero-order valence-electron chi connectivity index (χ0n) is 13.6. The SMILES string of the molecule is Cc1c(C(=O)Nc2ccncc2)sc2nc(CN(C)C)[nH]c(=O)c12. The van der Waals surface area contributed by atoms with Crippen LogP contribution in [0.2, 0.25) is 0 Å². The Morgan fingerprint density at radius 1 is 1.33 bits per heavy atom. The van der Waals surface area contributed by atoms with E-state index in [9.17, 15) is 9.59 Å². The van der Waals surface area contributed by atoms with Crippen LogP contribution in [0, 0.1) is 6.92 Å². The van der Waals surface area contributed by atoms with Gasteiger partial charge in [-0.25, -0.2) is 4.98 Å². The van der Waals surface area contributed by atoms with Gasteiger partial charge in [-0.15, -0.1) is 11.3 Å². The predicted octanol–water partition coefficient (Wildman–Crippen LogP) is 2.00. The first-order valence-electron chi connectivity index (χ1n) is 7.34. The van der Waals surface area contributed by atoms with Crippen molar-refractivity contribution in [2.45, 2.75) is 13.5 Å². The van der Waals surface area contributed by atoms with Crippen LogP contribution < -0.4 is 10.9 Å². The van der Waals surface area contributed by atoms with E-state index in [0.717, 1.165) is 0 Å². The second-order valence-electron chi connectivity index (χ2n) is 5.68. The molecule has 0 saturated carbocycles. The zero-order valence-corrected chi connectivity index (χ0v) is 14.4. The summed E-state index contributed by atoms with van der Waals surface area (Å²) in [6.45, 7) is 2.30. The Bertz CT molecular complexity index is 946. The van der Waals surface area contributed by atoms with Gasteiger partial charge in [-0.3, -0.25) is 14.6 Å². The van der Waals surface area contributed by atoms with E-state index in [-0.39, 0.29) is 11.5 Å². The Balaban J connectivity index is 2.00. The number of hydrogen-bond donors (Lipinski definition) is 2. The zero-order chi connectivity index (χ0) is 17.3. The lowest BCUT2D eigenvalue weighted by Gasteiger charge is -2.07. The number of rotatable bonds is 4. The summed E-state index contributed by atoms with van der Waals surface area (Å²) in [6.07, 6.45) is 3.21. The summed E-state index contributed by atoms with van der Waals surface area (Å²) in [4.78, 5) is 39.0. The van der Waals surface area contributed by atoms with Crippen LogP contribution in [0.1, 0.15) is 21.1 Å². The molecule has 7 nitrogen and oxygen atoms in total. The van der Waals surface area contributed by atoms with Crippen LogP contribution in [0.3, 0.4) is 0 Å². The van der Waals surface area contributed by atoms with Gasteiger partial charge < -0.3 is 15.2 Å². The van der Waals surface area contributed by atoms with E-state index in [2.05, 4.69) is 20.3 Å². The van der Waals surface area contributed by atoms with Crippen molar-refractivity contribution in [1.29, 1.82) is 0 Å². The van der Waals surface area contributed by atoms with Crippen molar-refractivity contribution in [2.24, 2.45) is 0 Å². The molecular formula is C16H17N5O2S. The minimum absolute atomic E-state index is 0.214. The molecule has 1 amide bonds. The molecule has 0 radical (unpaired) electrons. The third kappa shape index (κ3) is 3.19. The second kappa shape index (κ2) is 6.50. The van der Waals surface area contributed by atoms with Crippen molar-refractivity contribution < 1.29 is 4.79 Å². The van der Waals surface area contributed by atoms with Gasteiger partial charge in [0.05, 0.1) is 16.8 Å². The third-order valence-electron chi connectivity index (χ3n) is 3.46. The Hall–Kier alpha value is -2.58. The van der Waals surface area contributed by atoms with E-state index in [1.54, 1.807) is 31.5 Å². The van der Waals surface area contributed by atoms with Crippen LogP contribution in [0.4, 0.5) is 5.69 Å². The number of thiophene rings is 1. The molecule has 0 aliphatic heterocycles. The molecule has 0 saturated heterocycles. The van der Waals surface area contributed by atoms with Crippen LogP contribution in [-0.4, -0.2) is 39.9 Å². The number of aromatic nitrogens is 3. The van der Waals surface area contributed by atoms with E-state index in [1.807, 2.05) is 19.0 Å². The monoisotopic (exact) mass is 343 g/mol. The summed E-state index contributed by atoms with van der Waals surface area (Å²) in [5.41, 5.74) is 1.09. The summed E-state index contributed by atoms with van der Waals surface area (Å²) in [7, 11) is 3.80. The second-order valence-corrected chi connectivity index (χ2v) is 6.68. The standard InChI is InChI=1S/C16H17N5O2S/c1-9-12-14(22)19-11(8-21(2)3)20-16(12)24-13(9)15(23)18-10-4-6-17-7-5-10/h4-7H,8H2,1-3H3,(H,17,18,23)(H,19,20,22). The van der Waals surface area contributed by atoms with Gasteiger partial charge in [0.2, 0.25) is 0 Å². The molecule has 0 atom stereocenters. The molecule has 0 bridgehead atoms. The van der Waals surface area contributed by atoms with Gasteiger partial charge in [-0.2, -0.15) is 0 Å². The maximum Gasteiger partial charge on any atom is 0.266 e. The van der Waals surface area contributed by atoms with Gasteiger partial charge in [-0.05, 0) is 38.7 Å². The summed E-state index contributed by atoms with van der Waals surface area (Å²) in [5, 5.41) is 3.28. The highest BCUT2D eigenvalue weighted by Crippen LogP contribution is 2.27. The lowest BCUT2D eigenvalue weighted by Crippen LogP contribution is -2.18. The number of aryl methyl sites for hydroxylation is 1. The van der Waals surface area contributed by atoms with Crippen molar-refractivity contribution in [3.05, 3.63) is 51.1 Å². The average Bonchev–Trinajstić information content (AvgIpc) is 2.85. The number of aromatic amines is 1. The largest absolute Gasteiger partial charge is 0.321 e. The maximum atomic E-state index is 12.5. The summed E-state index contributed by atoms with van der Waals surface area (Å²) in [5.74, 6) is 0.329. The number of carbonyl (C=O) groups is 1. The molecule has 3 heterocycles. The number of pyridine rings is 1. The van der Waals surface area contributed by atoms with Crippen molar-refractivity contribution in [1.82, 2.24) is 19.9 Å². The van der Waals surface area contributed by atoms with Crippen molar-refractivity contribution in [3.8, 4) is 0 Å². The molecule has 2 N–H and O–H groups in total. The van der Waals surface area contributed by atoms with Gasteiger partial charge in [0.25, 0.3) is 11.5 Å². The Morgan fingerprint density at radius 3 is 2.71 bits per heavy atom. The predicted molar refractivity (Wildman–Crippen MR) is 94.6 cm³/mol. The average molecular weight is 343 g/mol. The van der Waals surface area contributed by atoms with Gasteiger partial charge in [0, 0.05) is 18.1 Å². The molecule has 124 valence electrons. The van der Waals surface area contributed by atoms with E-state index >= 15 is 0 Å². The summed E-state index contributed by atoms with van der Waals surface area (Å²) < 4.78 is 0. The van der Waals surface area contributed by atoms with Crippen LogP contribution in [0.25, 0.3) is 10.2 Å². The van der Waals surface area contributed by atoms with Crippen molar-refractivity contribution >= 4 is 33.1 Å². The first-order valence-corrected chi connectivity index (χ1v) is 8.15. The van der Waals surface area contributed by atoms with Gasteiger partial charge in [0.15, 0.2) is 0 Å². The van der Waals surface area contributed by atoms with Crippen molar-refractivity contribution in [2.75, 3.05) is 19.4 Å². The molecule has 0 spiro atoms. The normalized spacial score (nSPS) is 11.2. The summed E-state index contributed by atoms with van der Waals surface area (Å²) >= 11 is 1.23. The van der Waals surface area contributed by atoms with Crippen LogP contribution in [0.15, 0.2) is 29.3 Å². The van der Waals surface area contributed by atoms with Crippen LogP contribution >= 0.6 is 11.3 Å². The highest BCUT2D eigenvalue weighted by molar-refractivity contribution is 7.20. The van der Waals surface area contributed by atoms with Gasteiger partial charge in [0.1, 0.15) is 10.7 Å². The maximum absolute atomic E-state index is 12.5. The highest BCUT2D eigenvalue weighted by atomic mass is 32.1. The number of anilines is 1. The van der Waals surface area contributed by atoms with Gasteiger partial charge >= 0.3 is 0 Å². The molecule has 3 aromatic heterocycles. The van der Waals surface area contributed by atoms with Crippen LogP contribution in [-0.2, 0) is 6.54 Å². The number of nitrogens with one attached hydrogen (secondary N) is 2. The topological polar surface area (TPSA) is 91.0 Å².